The van der Waals surface area contributed by atoms with Crippen LogP contribution in [0.25, 0.3) is 5.76 Å². The molecule has 1 rings (SSSR count). The molecule has 0 aromatic carbocycles. The summed E-state index contributed by atoms with van der Waals surface area (Å²) in [4.78, 5) is 21.8. The fraction of sp³-hybridized carbons (Fsp3) is 0.200. The molecule has 5 nitrogen and oxygen atoms in total. The van der Waals surface area contributed by atoms with Crippen LogP contribution in [0.1, 0.15) is 5.69 Å². The molecule has 1 N–H and O–H groups in total. The molecular weight excluding hydrogens is 198 g/mol. The van der Waals surface area contributed by atoms with Crippen LogP contribution >= 0.6 is 0 Å². The molecule has 0 aliphatic heterocycles. The van der Waals surface area contributed by atoms with Gasteiger partial charge in [0.25, 0.3) is 5.78 Å². The van der Waals surface area contributed by atoms with E-state index in [9.17, 15) is 14.7 Å². The number of esters is 1. The Morgan fingerprint density at radius 2 is 2.20 bits per heavy atom. The van der Waals surface area contributed by atoms with Crippen molar-refractivity contribution in [3.8, 4) is 0 Å². The zero-order chi connectivity index (χ0) is 11.4. The molecule has 1 aromatic heterocycles. The van der Waals surface area contributed by atoms with Gasteiger partial charge in [-0.3, -0.25) is 4.79 Å². The molecule has 0 unspecified atom stereocenters. The van der Waals surface area contributed by atoms with Crippen LogP contribution in [-0.4, -0.2) is 28.5 Å². The fourth-order valence-electron chi connectivity index (χ4n) is 1.08. The summed E-state index contributed by atoms with van der Waals surface area (Å²) in [5, 5.41) is 9.52. The maximum Gasteiger partial charge on any atom is 0.378 e. The quantitative estimate of drug-likeness (QED) is 0.344. The van der Waals surface area contributed by atoms with Crippen LogP contribution < -0.4 is 0 Å². The van der Waals surface area contributed by atoms with Crippen LogP contribution in [-0.2, 0) is 21.4 Å². The third-order valence-electron chi connectivity index (χ3n) is 1.86. The van der Waals surface area contributed by atoms with E-state index < -0.39 is 11.8 Å². The SMILES string of the molecule is COC(=O)C(=O)/C=C(\O)c1cccn1C. The number of aryl methyl sites for hydroxylation is 1. The predicted molar refractivity (Wildman–Crippen MR) is 53.0 cm³/mol. The zero-order valence-electron chi connectivity index (χ0n) is 8.43. The monoisotopic (exact) mass is 209 g/mol. The molecule has 0 saturated carbocycles. The molecule has 0 amide bonds. The summed E-state index contributed by atoms with van der Waals surface area (Å²) in [5.74, 6) is -2.16. The summed E-state index contributed by atoms with van der Waals surface area (Å²) in [6.07, 6.45) is 2.54. The summed E-state index contributed by atoms with van der Waals surface area (Å²) in [6.45, 7) is 0. The number of hydrogen-bond acceptors (Lipinski definition) is 4. The number of aliphatic hydroxyl groups is 1. The van der Waals surface area contributed by atoms with Gasteiger partial charge in [-0.1, -0.05) is 0 Å². The molecule has 0 fully saturated rings. The lowest BCUT2D eigenvalue weighted by Crippen LogP contribution is -2.13. The van der Waals surface area contributed by atoms with Gasteiger partial charge in [0.1, 0.15) is 5.76 Å². The molecule has 80 valence electrons. The topological polar surface area (TPSA) is 68.5 Å². The number of methoxy groups -OCH3 is 1. The van der Waals surface area contributed by atoms with Gasteiger partial charge in [-0.05, 0) is 12.1 Å². The number of carbonyl (C=O) groups excluding carboxylic acids is 2. The molecule has 0 bridgehead atoms. The standard InChI is InChI=1S/C10H11NO4/c1-11-5-3-4-7(11)8(12)6-9(13)10(14)15-2/h3-6,12H,1-2H3/b8-6-. The first-order valence-corrected chi connectivity index (χ1v) is 4.21. The Balaban J connectivity index is 2.90. The molecule has 0 saturated heterocycles. The largest absolute Gasteiger partial charge is 0.506 e. The number of nitrogens with zero attached hydrogens (tertiary/aromatic N) is 1. The first kappa shape index (κ1) is 11.0. The smallest absolute Gasteiger partial charge is 0.378 e. The average Bonchev–Trinajstić information content (AvgIpc) is 2.63. The van der Waals surface area contributed by atoms with Gasteiger partial charge in [0.05, 0.1) is 12.8 Å². The maximum atomic E-state index is 11.1. The molecule has 0 atom stereocenters. The van der Waals surface area contributed by atoms with Crippen LogP contribution in [0.5, 0.6) is 0 Å². The number of rotatable bonds is 3. The van der Waals surface area contributed by atoms with Crippen LogP contribution in [0.15, 0.2) is 24.4 Å². The van der Waals surface area contributed by atoms with Gasteiger partial charge < -0.3 is 14.4 Å². The highest BCUT2D eigenvalue weighted by atomic mass is 16.5. The maximum absolute atomic E-state index is 11.1. The van der Waals surface area contributed by atoms with Crippen LogP contribution in [0.2, 0.25) is 0 Å². The van der Waals surface area contributed by atoms with Gasteiger partial charge in [-0.2, -0.15) is 0 Å². The summed E-state index contributed by atoms with van der Waals surface area (Å²) in [7, 11) is 2.82. The van der Waals surface area contributed by atoms with E-state index >= 15 is 0 Å². The van der Waals surface area contributed by atoms with Crippen LogP contribution in [0.3, 0.4) is 0 Å². The van der Waals surface area contributed by atoms with E-state index in [1.807, 2.05) is 0 Å². The van der Waals surface area contributed by atoms with E-state index in [0.717, 1.165) is 13.2 Å². The summed E-state index contributed by atoms with van der Waals surface area (Å²) < 4.78 is 5.83. The van der Waals surface area contributed by atoms with Crippen molar-refractivity contribution in [1.29, 1.82) is 0 Å². The van der Waals surface area contributed by atoms with Crippen molar-refractivity contribution in [2.45, 2.75) is 0 Å². The number of hydrogen-bond donors (Lipinski definition) is 1. The van der Waals surface area contributed by atoms with E-state index in [1.165, 1.54) is 0 Å². The lowest BCUT2D eigenvalue weighted by molar-refractivity contribution is -0.149. The Morgan fingerprint density at radius 1 is 1.53 bits per heavy atom. The molecule has 1 heterocycles. The average molecular weight is 209 g/mol. The minimum atomic E-state index is -1.00. The van der Waals surface area contributed by atoms with E-state index in [2.05, 4.69) is 4.74 Å². The normalized spacial score (nSPS) is 11.2. The Kier molecular flexibility index (Phi) is 3.28. The lowest BCUT2D eigenvalue weighted by Gasteiger charge is -2.01. The van der Waals surface area contributed by atoms with Crippen molar-refractivity contribution < 1.29 is 19.4 Å². The van der Waals surface area contributed by atoms with Gasteiger partial charge in [0, 0.05) is 19.3 Å². The first-order chi connectivity index (χ1) is 7.06. The summed E-state index contributed by atoms with van der Waals surface area (Å²) in [6, 6.07) is 3.33. The highest BCUT2D eigenvalue weighted by molar-refractivity contribution is 6.39. The van der Waals surface area contributed by atoms with Crippen molar-refractivity contribution in [3.63, 3.8) is 0 Å². The second-order valence-corrected chi connectivity index (χ2v) is 2.89. The Hall–Kier alpha value is -2.04. The minimum Gasteiger partial charge on any atom is -0.506 e. The van der Waals surface area contributed by atoms with E-state index in [0.29, 0.717) is 5.69 Å². The van der Waals surface area contributed by atoms with E-state index in [1.54, 1.807) is 29.9 Å². The van der Waals surface area contributed by atoms with Crippen LogP contribution in [0.4, 0.5) is 0 Å². The first-order valence-electron chi connectivity index (χ1n) is 4.21. The van der Waals surface area contributed by atoms with E-state index in [4.69, 9.17) is 0 Å². The third-order valence-corrected chi connectivity index (χ3v) is 1.86. The van der Waals surface area contributed by atoms with E-state index in [-0.39, 0.29) is 5.76 Å². The highest BCUT2D eigenvalue weighted by Crippen LogP contribution is 2.10. The Morgan fingerprint density at radius 3 is 2.67 bits per heavy atom. The number of ketones is 1. The second-order valence-electron chi connectivity index (χ2n) is 2.89. The molecule has 0 aliphatic carbocycles. The second kappa shape index (κ2) is 4.45. The third kappa shape index (κ3) is 2.46. The molecule has 0 spiro atoms. The molecule has 15 heavy (non-hydrogen) atoms. The molecule has 0 radical (unpaired) electrons. The molecule has 5 heteroatoms. The molecular formula is C10H11NO4. The van der Waals surface area contributed by atoms with Gasteiger partial charge in [0.2, 0.25) is 0 Å². The summed E-state index contributed by atoms with van der Waals surface area (Å²) >= 11 is 0. The number of aromatic nitrogens is 1. The van der Waals surface area contributed by atoms with Crippen molar-refractivity contribution in [3.05, 3.63) is 30.1 Å². The summed E-state index contributed by atoms with van der Waals surface area (Å²) in [5.41, 5.74) is 0.451. The van der Waals surface area contributed by atoms with Gasteiger partial charge in [-0.25, -0.2) is 4.79 Å². The van der Waals surface area contributed by atoms with Gasteiger partial charge in [-0.15, -0.1) is 0 Å². The van der Waals surface area contributed by atoms with Gasteiger partial charge >= 0.3 is 5.97 Å². The van der Waals surface area contributed by atoms with Crippen molar-refractivity contribution >= 4 is 17.5 Å². The Bertz CT molecular complexity index is 417. The van der Waals surface area contributed by atoms with Crippen molar-refractivity contribution in [2.75, 3.05) is 7.11 Å². The highest BCUT2D eigenvalue weighted by Gasteiger charge is 2.13. The van der Waals surface area contributed by atoms with Gasteiger partial charge in [0.15, 0.2) is 0 Å². The lowest BCUT2D eigenvalue weighted by atomic mass is 10.2. The number of ether oxygens (including phenoxy) is 1. The Labute approximate surface area is 86.6 Å². The number of carbonyl (C=O) groups is 2. The van der Waals surface area contributed by atoms with Crippen molar-refractivity contribution in [2.24, 2.45) is 7.05 Å². The predicted octanol–water partition coefficient (Wildman–Crippen LogP) is 0.666. The molecule has 0 aliphatic rings. The zero-order valence-corrected chi connectivity index (χ0v) is 8.43. The van der Waals surface area contributed by atoms with Crippen molar-refractivity contribution in [1.82, 2.24) is 4.57 Å². The fourth-order valence-corrected chi connectivity index (χ4v) is 1.08. The van der Waals surface area contributed by atoms with Crippen LogP contribution in [0, 0.1) is 0 Å². The minimum absolute atomic E-state index is 0.266. The number of aliphatic hydroxyl groups excluding tert-OH is 1. The molecule has 1 aromatic rings.